The van der Waals surface area contributed by atoms with Crippen molar-refractivity contribution in [1.82, 2.24) is 0 Å². The molecule has 3 atom stereocenters. The maximum absolute atomic E-state index is 12.2. The van der Waals surface area contributed by atoms with Crippen LogP contribution in [0.2, 0.25) is 0 Å². The summed E-state index contributed by atoms with van der Waals surface area (Å²) < 4.78 is 5.28. The molecule has 0 spiro atoms. The van der Waals surface area contributed by atoms with Crippen LogP contribution in [0.5, 0.6) is 0 Å². The Morgan fingerprint density at radius 3 is 2.42 bits per heavy atom. The van der Waals surface area contributed by atoms with Crippen LogP contribution in [0.4, 0.5) is 0 Å². The van der Waals surface area contributed by atoms with E-state index in [-0.39, 0.29) is 22.7 Å². The van der Waals surface area contributed by atoms with Crippen LogP contribution in [-0.4, -0.2) is 12.6 Å². The lowest BCUT2D eigenvalue weighted by Gasteiger charge is -2.48. The third kappa shape index (κ3) is 2.66. The molecule has 0 saturated heterocycles. The van der Waals surface area contributed by atoms with Crippen molar-refractivity contribution in [3.63, 3.8) is 0 Å². The minimum absolute atomic E-state index is 0.00318. The Kier molecular flexibility index (Phi) is 4.05. The summed E-state index contributed by atoms with van der Waals surface area (Å²) in [6.07, 6.45) is 7.06. The highest BCUT2D eigenvalue weighted by Crippen LogP contribution is 2.63. The van der Waals surface area contributed by atoms with Gasteiger partial charge >= 0.3 is 5.97 Å². The third-order valence-corrected chi connectivity index (χ3v) is 7.00. The molecule has 24 heavy (non-hydrogen) atoms. The van der Waals surface area contributed by atoms with Gasteiger partial charge in [0.25, 0.3) is 0 Å². The molecule has 0 aliphatic heterocycles. The molecule has 3 aliphatic carbocycles. The van der Waals surface area contributed by atoms with E-state index in [1.807, 2.05) is 6.92 Å². The van der Waals surface area contributed by atoms with Crippen LogP contribution in [0.25, 0.3) is 0 Å². The maximum atomic E-state index is 12.2. The van der Waals surface area contributed by atoms with E-state index in [2.05, 4.69) is 47.6 Å². The lowest BCUT2D eigenvalue weighted by molar-refractivity contribution is -0.145. The molecular formula is C22H34O2. The van der Waals surface area contributed by atoms with Gasteiger partial charge in [-0.3, -0.25) is 4.79 Å². The Morgan fingerprint density at radius 2 is 1.79 bits per heavy atom. The molecule has 0 heterocycles. The van der Waals surface area contributed by atoms with Gasteiger partial charge in [0.05, 0.1) is 12.5 Å². The summed E-state index contributed by atoms with van der Waals surface area (Å²) in [6.45, 7) is 16.6. The summed E-state index contributed by atoms with van der Waals surface area (Å²) in [4.78, 5) is 12.2. The number of allylic oxidation sites excluding steroid dienone is 4. The smallest absolute Gasteiger partial charge is 0.309 e. The molecule has 0 amide bonds. The van der Waals surface area contributed by atoms with Crippen LogP contribution >= 0.6 is 0 Å². The molecule has 2 nitrogen and oxygen atoms in total. The Morgan fingerprint density at radius 1 is 1.17 bits per heavy atom. The zero-order chi connectivity index (χ0) is 17.9. The summed E-state index contributed by atoms with van der Waals surface area (Å²) >= 11 is 0. The van der Waals surface area contributed by atoms with E-state index in [4.69, 9.17) is 4.74 Å². The highest BCUT2D eigenvalue weighted by molar-refractivity contribution is 5.78. The van der Waals surface area contributed by atoms with E-state index in [0.29, 0.717) is 17.9 Å². The van der Waals surface area contributed by atoms with Crippen molar-refractivity contribution in [2.75, 3.05) is 6.61 Å². The summed E-state index contributed by atoms with van der Waals surface area (Å²) in [6, 6.07) is 0. The van der Waals surface area contributed by atoms with E-state index in [9.17, 15) is 4.79 Å². The predicted molar refractivity (Wildman–Crippen MR) is 98.5 cm³/mol. The lowest BCUT2D eigenvalue weighted by Crippen LogP contribution is -2.35. The van der Waals surface area contributed by atoms with E-state index in [0.717, 1.165) is 12.8 Å². The fraction of sp³-hybridized carbons (Fsp3) is 0.773. The summed E-state index contributed by atoms with van der Waals surface area (Å²) in [5.41, 5.74) is 5.28. The van der Waals surface area contributed by atoms with E-state index in [1.165, 1.54) is 18.4 Å². The van der Waals surface area contributed by atoms with Crippen LogP contribution in [0.1, 0.15) is 74.1 Å². The van der Waals surface area contributed by atoms with E-state index < -0.39 is 0 Å². The number of rotatable bonds is 3. The summed E-state index contributed by atoms with van der Waals surface area (Å²) in [7, 11) is 0. The molecule has 1 saturated carbocycles. The molecule has 3 aliphatic rings. The van der Waals surface area contributed by atoms with Crippen molar-refractivity contribution in [1.29, 1.82) is 0 Å². The lowest BCUT2D eigenvalue weighted by atomic mass is 9.57. The minimum atomic E-state index is -0.00318. The number of carbonyl (C=O) groups is 1. The van der Waals surface area contributed by atoms with Crippen LogP contribution in [0.3, 0.4) is 0 Å². The van der Waals surface area contributed by atoms with Crippen LogP contribution in [-0.2, 0) is 9.53 Å². The molecule has 0 radical (unpaired) electrons. The Hall–Kier alpha value is -1.05. The van der Waals surface area contributed by atoms with Crippen molar-refractivity contribution in [2.45, 2.75) is 74.1 Å². The van der Waals surface area contributed by atoms with Gasteiger partial charge in [0.1, 0.15) is 0 Å². The second-order valence-electron chi connectivity index (χ2n) is 9.80. The molecular weight excluding hydrogens is 296 g/mol. The van der Waals surface area contributed by atoms with Crippen molar-refractivity contribution in [2.24, 2.45) is 28.1 Å². The standard InChI is InChI=1S/C22H34O2/c1-8-24-19(23)17-13-22(17,7)15-11-14(2)18-16(12-15)20(3,4)9-10-21(18,5)6/h12,14,17H,8-11,13H2,1-7H3. The quantitative estimate of drug-likeness (QED) is 0.622. The first-order chi connectivity index (χ1) is 11.0. The van der Waals surface area contributed by atoms with Crippen molar-refractivity contribution in [3.05, 3.63) is 22.8 Å². The van der Waals surface area contributed by atoms with E-state index in [1.54, 1.807) is 11.1 Å². The highest BCUT2D eigenvalue weighted by atomic mass is 16.5. The molecule has 3 rings (SSSR count). The molecule has 0 N–H and O–H groups in total. The molecule has 2 heteroatoms. The first-order valence-electron chi connectivity index (χ1n) is 9.66. The van der Waals surface area contributed by atoms with Crippen LogP contribution < -0.4 is 0 Å². The van der Waals surface area contributed by atoms with Crippen LogP contribution in [0, 0.1) is 28.1 Å². The number of esters is 1. The van der Waals surface area contributed by atoms with Gasteiger partial charge in [0, 0.05) is 5.41 Å². The van der Waals surface area contributed by atoms with Gasteiger partial charge in [-0.05, 0) is 54.9 Å². The largest absolute Gasteiger partial charge is 0.466 e. The monoisotopic (exact) mass is 330 g/mol. The molecule has 0 bridgehead atoms. The van der Waals surface area contributed by atoms with Gasteiger partial charge < -0.3 is 4.74 Å². The first-order valence-corrected chi connectivity index (χ1v) is 9.66. The third-order valence-electron chi connectivity index (χ3n) is 7.00. The number of hydrogen-bond donors (Lipinski definition) is 0. The molecule has 134 valence electrons. The number of ether oxygens (including phenoxy) is 1. The van der Waals surface area contributed by atoms with Crippen molar-refractivity contribution < 1.29 is 9.53 Å². The van der Waals surface area contributed by atoms with Gasteiger partial charge in [-0.25, -0.2) is 0 Å². The predicted octanol–water partition coefficient (Wildman–Crippen LogP) is 5.68. The molecule has 0 aromatic carbocycles. The van der Waals surface area contributed by atoms with Gasteiger partial charge in [0.15, 0.2) is 0 Å². The Bertz CT molecular complexity index is 620. The van der Waals surface area contributed by atoms with Crippen molar-refractivity contribution >= 4 is 5.97 Å². The second kappa shape index (κ2) is 5.47. The fourth-order valence-corrected chi connectivity index (χ4v) is 5.20. The van der Waals surface area contributed by atoms with E-state index >= 15 is 0 Å². The normalized spacial score (nSPS) is 36.7. The maximum Gasteiger partial charge on any atom is 0.309 e. The average molecular weight is 331 g/mol. The zero-order valence-electron chi connectivity index (χ0n) is 16.6. The second-order valence-corrected chi connectivity index (χ2v) is 9.80. The SMILES string of the molecule is CCOC(=O)C1CC1(C)C1=CC2=C(C(C)C1)C(C)(C)CCC2(C)C. The number of carbonyl (C=O) groups excluding carboxylic acids is 1. The molecule has 0 aromatic heterocycles. The Balaban J connectivity index is 1.98. The fourth-order valence-electron chi connectivity index (χ4n) is 5.20. The summed E-state index contributed by atoms with van der Waals surface area (Å²) in [5.74, 6) is 0.643. The molecule has 1 fully saturated rings. The molecule has 0 aromatic rings. The topological polar surface area (TPSA) is 26.3 Å². The van der Waals surface area contributed by atoms with Gasteiger partial charge in [-0.1, -0.05) is 58.8 Å². The minimum Gasteiger partial charge on any atom is -0.466 e. The summed E-state index contributed by atoms with van der Waals surface area (Å²) in [5, 5.41) is 0. The number of hydrogen-bond acceptors (Lipinski definition) is 2. The van der Waals surface area contributed by atoms with Gasteiger partial charge in [-0.2, -0.15) is 0 Å². The van der Waals surface area contributed by atoms with Gasteiger partial charge in [-0.15, -0.1) is 0 Å². The zero-order valence-corrected chi connectivity index (χ0v) is 16.6. The van der Waals surface area contributed by atoms with Crippen LogP contribution in [0.15, 0.2) is 22.8 Å². The molecule has 3 unspecified atom stereocenters. The average Bonchev–Trinajstić information content (AvgIpc) is 3.17. The van der Waals surface area contributed by atoms with Gasteiger partial charge in [0.2, 0.25) is 0 Å². The first kappa shape index (κ1) is 17.8. The highest BCUT2D eigenvalue weighted by Gasteiger charge is 2.58. The Labute approximate surface area is 147 Å². The van der Waals surface area contributed by atoms with Crippen molar-refractivity contribution in [3.8, 4) is 0 Å².